The van der Waals surface area contributed by atoms with Gasteiger partial charge in [0.1, 0.15) is 0 Å². The second kappa shape index (κ2) is 7.26. The van der Waals surface area contributed by atoms with Crippen molar-refractivity contribution in [1.82, 2.24) is 10.6 Å². The maximum Gasteiger partial charge on any atom is 0.228 e. The fourth-order valence-electron chi connectivity index (χ4n) is 2.12. The summed E-state index contributed by atoms with van der Waals surface area (Å²) in [5.41, 5.74) is 1.62. The lowest BCUT2D eigenvalue weighted by atomic mass is 9.90. The molecule has 20 heavy (non-hydrogen) atoms. The third-order valence-electron chi connectivity index (χ3n) is 3.39. The summed E-state index contributed by atoms with van der Waals surface area (Å²) in [4.78, 5) is 23.8. The first-order chi connectivity index (χ1) is 9.11. The van der Waals surface area contributed by atoms with Gasteiger partial charge in [-0.2, -0.15) is 0 Å². The Kier molecular flexibility index (Phi) is 5.98. The van der Waals surface area contributed by atoms with Crippen molar-refractivity contribution in [3.05, 3.63) is 29.8 Å². The van der Waals surface area contributed by atoms with Crippen LogP contribution in [0.2, 0.25) is 0 Å². The standard InChI is InChI=1S/C14H19N3O2.ClH/c1-9(15-2)8-16-14(19)11-7-13(18)17-12-6-4-3-5-10(11)12;/h3-6,9,11,15H,7-8H2,1-2H3,(H,16,19)(H,17,18);1H. The quantitative estimate of drug-likeness (QED) is 0.783. The molecular weight excluding hydrogens is 278 g/mol. The Hall–Kier alpha value is -1.59. The van der Waals surface area contributed by atoms with E-state index in [0.717, 1.165) is 11.3 Å². The van der Waals surface area contributed by atoms with Crippen LogP contribution in [-0.2, 0) is 9.59 Å². The zero-order valence-electron chi connectivity index (χ0n) is 11.6. The number of carbonyl (C=O) groups is 2. The lowest BCUT2D eigenvalue weighted by Crippen LogP contribution is -2.41. The highest BCUT2D eigenvalue weighted by Crippen LogP contribution is 2.31. The molecule has 0 bridgehead atoms. The lowest BCUT2D eigenvalue weighted by Gasteiger charge is -2.25. The Morgan fingerprint density at radius 2 is 2.15 bits per heavy atom. The molecule has 0 saturated carbocycles. The van der Waals surface area contributed by atoms with Gasteiger partial charge < -0.3 is 16.0 Å². The molecule has 0 aliphatic carbocycles. The number of para-hydroxylation sites is 1. The van der Waals surface area contributed by atoms with Gasteiger partial charge in [0.25, 0.3) is 0 Å². The third-order valence-corrected chi connectivity index (χ3v) is 3.39. The van der Waals surface area contributed by atoms with E-state index in [2.05, 4.69) is 16.0 Å². The fourth-order valence-corrected chi connectivity index (χ4v) is 2.12. The van der Waals surface area contributed by atoms with E-state index in [1.165, 1.54) is 0 Å². The van der Waals surface area contributed by atoms with Gasteiger partial charge in [-0.15, -0.1) is 12.4 Å². The van der Waals surface area contributed by atoms with Crippen molar-refractivity contribution >= 4 is 29.9 Å². The first-order valence-electron chi connectivity index (χ1n) is 6.45. The first-order valence-corrected chi connectivity index (χ1v) is 6.45. The second-order valence-corrected chi connectivity index (χ2v) is 4.83. The largest absolute Gasteiger partial charge is 0.354 e. The van der Waals surface area contributed by atoms with Crippen LogP contribution in [0.15, 0.2) is 24.3 Å². The number of carbonyl (C=O) groups excluding carboxylic acids is 2. The van der Waals surface area contributed by atoms with Gasteiger partial charge in [0, 0.05) is 24.7 Å². The molecule has 1 aromatic rings. The van der Waals surface area contributed by atoms with E-state index >= 15 is 0 Å². The number of benzene rings is 1. The molecule has 0 spiro atoms. The van der Waals surface area contributed by atoms with E-state index < -0.39 is 5.92 Å². The zero-order valence-corrected chi connectivity index (χ0v) is 12.4. The Bertz CT molecular complexity index is 493. The summed E-state index contributed by atoms with van der Waals surface area (Å²) in [6, 6.07) is 7.65. The summed E-state index contributed by atoms with van der Waals surface area (Å²) in [6.45, 7) is 2.54. The molecule has 2 amide bonds. The number of hydrogen-bond donors (Lipinski definition) is 3. The van der Waals surface area contributed by atoms with Crippen LogP contribution < -0.4 is 16.0 Å². The van der Waals surface area contributed by atoms with Crippen LogP contribution in [0.1, 0.15) is 24.8 Å². The average Bonchev–Trinajstić information content (AvgIpc) is 2.43. The van der Waals surface area contributed by atoms with Crippen molar-refractivity contribution in [2.45, 2.75) is 25.3 Å². The summed E-state index contributed by atoms with van der Waals surface area (Å²) in [5.74, 6) is -0.598. The third kappa shape index (κ3) is 3.71. The van der Waals surface area contributed by atoms with Gasteiger partial charge in [-0.05, 0) is 25.6 Å². The number of halogens is 1. The average molecular weight is 298 g/mol. The van der Waals surface area contributed by atoms with Gasteiger partial charge in [-0.3, -0.25) is 9.59 Å². The summed E-state index contributed by atoms with van der Waals surface area (Å²) in [6.07, 6.45) is 0.205. The molecule has 0 aromatic heterocycles. The van der Waals surface area contributed by atoms with Crippen molar-refractivity contribution in [2.75, 3.05) is 18.9 Å². The molecule has 1 heterocycles. The Morgan fingerprint density at radius 1 is 1.45 bits per heavy atom. The number of nitrogens with one attached hydrogen (secondary N) is 3. The fraction of sp³-hybridized carbons (Fsp3) is 0.429. The van der Waals surface area contributed by atoms with E-state index in [0.29, 0.717) is 6.54 Å². The molecule has 2 atom stereocenters. The van der Waals surface area contributed by atoms with Crippen LogP contribution in [0, 0.1) is 0 Å². The Balaban J connectivity index is 0.00000200. The number of amides is 2. The molecule has 2 unspecified atom stereocenters. The van der Waals surface area contributed by atoms with Gasteiger partial charge in [0.2, 0.25) is 11.8 Å². The van der Waals surface area contributed by atoms with Gasteiger partial charge in [-0.1, -0.05) is 18.2 Å². The monoisotopic (exact) mass is 297 g/mol. The molecule has 110 valence electrons. The number of hydrogen-bond acceptors (Lipinski definition) is 3. The van der Waals surface area contributed by atoms with Crippen LogP contribution in [0.3, 0.4) is 0 Å². The highest BCUT2D eigenvalue weighted by atomic mass is 35.5. The molecule has 0 fully saturated rings. The molecule has 0 saturated heterocycles. The van der Waals surface area contributed by atoms with Crippen LogP contribution in [0.25, 0.3) is 0 Å². The smallest absolute Gasteiger partial charge is 0.228 e. The van der Waals surface area contributed by atoms with E-state index in [1.807, 2.05) is 38.2 Å². The molecule has 0 radical (unpaired) electrons. The Labute approximate surface area is 124 Å². The molecule has 1 aromatic carbocycles. The summed E-state index contributed by atoms with van der Waals surface area (Å²) >= 11 is 0. The number of fused-ring (bicyclic) bond motifs is 1. The zero-order chi connectivity index (χ0) is 13.8. The van der Waals surface area contributed by atoms with E-state index in [9.17, 15) is 9.59 Å². The van der Waals surface area contributed by atoms with Crippen molar-refractivity contribution < 1.29 is 9.59 Å². The highest BCUT2D eigenvalue weighted by molar-refractivity contribution is 6.01. The van der Waals surface area contributed by atoms with Gasteiger partial charge in [0.15, 0.2) is 0 Å². The molecule has 5 nitrogen and oxygen atoms in total. The van der Waals surface area contributed by atoms with Gasteiger partial charge in [0.05, 0.1) is 5.92 Å². The van der Waals surface area contributed by atoms with Crippen molar-refractivity contribution in [1.29, 1.82) is 0 Å². The maximum atomic E-state index is 12.2. The van der Waals surface area contributed by atoms with Crippen molar-refractivity contribution in [2.24, 2.45) is 0 Å². The molecule has 1 aliphatic rings. The van der Waals surface area contributed by atoms with E-state index in [4.69, 9.17) is 0 Å². The first kappa shape index (κ1) is 16.5. The molecule has 3 N–H and O–H groups in total. The maximum absolute atomic E-state index is 12.2. The van der Waals surface area contributed by atoms with Gasteiger partial charge >= 0.3 is 0 Å². The van der Waals surface area contributed by atoms with Crippen LogP contribution >= 0.6 is 12.4 Å². The number of rotatable bonds is 4. The topological polar surface area (TPSA) is 70.2 Å². The summed E-state index contributed by atoms with van der Waals surface area (Å²) in [7, 11) is 1.85. The van der Waals surface area contributed by atoms with Crippen LogP contribution in [-0.4, -0.2) is 31.4 Å². The summed E-state index contributed by atoms with van der Waals surface area (Å²) < 4.78 is 0. The van der Waals surface area contributed by atoms with Crippen molar-refractivity contribution in [3.63, 3.8) is 0 Å². The predicted molar refractivity (Wildman–Crippen MR) is 81.2 cm³/mol. The molecular formula is C14H20ClN3O2. The molecule has 6 heteroatoms. The minimum Gasteiger partial charge on any atom is -0.354 e. The van der Waals surface area contributed by atoms with E-state index in [1.54, 1.807) is 0 Å². The van der Waals surface area contributed by atoms with E-state index in [-0.39, 0.29) is 36.7 Å². The lowest BCUT2D eigenvalue weighted by molar-refractivity contribution is -0.126. The summed E-state index contributed by atoms with van der Waals surface area (Å²) in [5, 5.41) is 8.73. The normalized spacial score (nSPS) is 18.3. The minimum atomic E-state index is -0.394. The van der Waals surface area contributed by atoms with Crippen LogP contribution in [0.5, 0.6) is 0 Å². The van der Waals surface area contributed by atoms with Crippen LogP contribution in [0.4, 0.5) is 5.69 Å². The Morgan fingerprint density at radius 3 is 2.85 bits per heavy atom. The minimum absolute atomic E-state index is 0. The predicted octanol–water partition coefficient (Wildman–Crippen LogP) is 1.26. The van der Waals surface area contributed by atoms with Crippen molar-refractivity contribution in [3.8, 4) is 0 Å². The highest BCUT2D eigenvalue weighted by Gasteiger charge is 2.30. The number of anilines is 1. The SMILES string of the molecule is CNC(C)CNC(=O)C1CC(=O)Nc2ccccc21.Cl. The molecule has 2 rings (SSSR count). The number of likely N-dealkylation sites (N-methyl/N-ethyl adjacent to an activating group) is 1. The van der Waals surface area contributed by atoms with Gasteiger partial charge in [-0.25, -0.2) is 0 Å². The molecule has 1 aliphatic heterocycles. The second-order valence-electron chi connectivity index (χ2n) is 4.83.